The lowest BCUT2D eigenvalue weighted by Gasteiger charge is -2.16. The summed E-state index contributed by atoms with van der Waals surface area (Å²) in [6.07, 6.45) is 0.773. The fraction of sp³-hybridized carbons (Fsp3) is 0.500. The Labute approximate surface area is 153 Å². The summed E-state index contributed by atoms with van der Waals surface area (Å²) in [5.41, 5.74) is 0.910. The number of amides is 1. The van der Waals surface area contributed by atoms with E-state index in [9.17, 15) is 22.8 Å². The van der Waals surface area contributed by atoms with Crippen molar-refractivity contribution in [2.24, 2.45) is 5.92 Å². The number of nitrogens with one attached hydrogen (secondary N) is 1. The molecule has 0 radical (unpaired) electrons. The van der Waals surface area contributed by atoms with Gasteiger partial charge in [-0.25, -0.2) is 8.42 Å². The van der Waals surface area contributed by atoms with E-state index < -0.39 is 34.4 Å². The number of sulfone groups is 1. The van der Waals surface area contributed by atoms with E-state index in [-0.39, 0.29) is 29.6 Å². The van der Waals surface area contributed by atoms with Gasteiger partial charge in [0.05, 0.1) is 17.5 Å². The number of esters is 1. The maximum atomic E-state index is 12.0. The van der Waals surface area contributed by atoms with Crippen LogP contribution in [0, 0.1) is 5.92 Å². The topological polar surface area (TPSA) is 107 Å². The Morgan fingerprint density at radius 1 is 1.23 bits per heavy atom. The molecule has 1 saturated heterocycles. The van der Waals surface area contributed by atoms with E-state index in [1.807, 2.05) is 30.3 Å². The van der Waals surface area contributed by atoms with Crippen molar-refractivity contribution in [1.29, 1.82) is 0 Å². The molecule has 1 aromatic rings. The highest BCUT2D eigenvalue weighted by Crippen LogP contribution is 2.21. The van der Waals surface area contributed by atoms with E-state index in [1.165, 1.54) is 6.92 Å². The third kappa shape index (κ3) is 6.59. The van der Waals surface area contributed by atoms with Crippen molar-refractivity contribution in [3.8, 4) is 0 Å². The van der Waals surface area contributed by atoms with Crippen molar-refractivity contribution in [1.82, 2.24) is 5.32 Å². The third-order valence-corrected chi connectivity index (χ3v) is 6.09. The van der Waals surface area contributed by atoms with Crippen molar-refractivity contribution in [3.63, 3.8) is 0 Å². The number of ketones is 1. The van der Waals surface area contributed by atoms with Gasteiger partial charge in [-0.3, -0.25) is 14.4 Å². The second kappa shape index (κ2) is 8.93. The molecule has 7 nitrogen and oxygen atoms in total. The van der Waals surface area contributed by atoms with Crippen LogP contribution in [-0.4, -0.2) is 50.2 Å². The van der Waals surface area contributed by atoms with Crippen molar-refractivity contribution in [2.45, 2.75) is 32.2 Å². The van der Waals surface area contributed by atoms with Crippen LogP contribution in [0.15, 0.2) is 30.3 Å². The quantitative estimate of drug-likeness (QED) is 0.664. The fourth-order valence-electron chi connectivity index (χ4n) is 2.86. The molecule has 0 saturated carbocycles. The standard InChI is InChI=1S/C18H23NO6S/c1-13(20)16(9-14-5-3-2-4-6-14)19-17(21)11-25-18(22)10-15-7-8-26(23,24)12-15/h2-6,15-16H,7-12H2,1H3,(H,19,21)/t15-,16-/m1/s1. The van der Waals surface area contributed by atoms with Crippen LogP contribution in [0.3, 0.4) is 0 Å². The largest absolute Gasteiger partial charge is 0.456 e. The van der Waals surface area contributed by atoms with Gasteiger partial charge < -0.3 is 10.1 Å². The van der Waals surface area contributed by atoms with Gasteiger partial charge >= 0.3 is 5.97 Å². The maximum absolute atomic E-state index is 12.0. The lowest BCUT2D eigenvalue weighted by Crippen LogP contribution is -2.43. The zero-order valence-electron chi connectivity index (χ0n) is 14.6. The van der Waals surface area contributed by atoms with E-state index in [0.29, 0.717) is 12.8 Å². The smallest absolute Gasteiger partial charge is 0.306 e. The van der Waals surface area contributed by atoms with Crippen LogP contribution in [0.2, 0.25) is 0 Å². The van der Waals surface area contributed by atoms with E-state index >= 15 is 0 Å². The number of benzene rings is 1. The zero-order chi connectivity index (χ0) is 19.2. The minimum Gasteiger partial charge on any atom is -0.456 e. The Morgan fingerprint density at radius 3 is 2.50 bits per heavy atom. The third-order valence-electron chi connectivity index (χ3n) is 4.25. The van der Waals surface area contributed by atoms with Crippen LogP contribution >= 0.6 is 0 Å². The first kappa shape index (κ1) is 20.1. The molecule has 1 fully saturated rings. The van der Waals surface area contributed by atoms with Crippen LogP contribution < -0.4 is 5.32 Å². The first-order valence-electron chi connectivity index (χ1n) is 8.45. The fourth-order valence-corrected chi connectivity index (χ4v) is 4.72. The number of carbonyl (C=O) groups is 3. The summed E-state index contributed by atoms with van der Waals surface area (Å²) in [7, 11) is -3.05. The van der Waals surface area contributed by atoms with Crippen molar-refractivity contribution in [2.75, 3.05) is 18.1 Å². The number of ether oxygens (including phenoxy) is 1. The average Bonchev–Trinajstić information content (AvgIpc) is 2.91. The molecule has 0 bridgehead atoms. The first-order chi connectivity index (χ1) is 12.2. The molecule has 0 aliphatic carbocycles. The average molecular weight is 381 g/mol. The molecule has 1 amide bonds. The second-order valence-electron chi connectivity index (χ2n) is 6.55. The summed E-state index contributed by atoms with van der Waals surface area (Å²) in [6.45, 7) is 0.900. The molecule has 0 aromatic heterocycles. The van der Waals surface area contributed by atoms with Crippen molar-refractivity contribution in [3.05, 3.63) is 35.9 Å². The van der Waals surface area contributed by atoms with E-state index in [1.54, 1.807) is 0 Å². The van der Waals surface area contributed by atoms with Gasteiger partial charge in [0, 0.05) is 6.42 Å². The van der Waals surface area contributed by atoms with Gasteiger partial charge in [-0.05, 0) is 31.2 Å². The number of hydrogen-bond donors (Lipinski definition) is 1. The van der Waals surface area contributed by atoms with Gasteiger partial charge in [-0.2, -0.15) is 0 Å². The summed E-state index contributed by atoms with van der Waals surface area (Å²) in [6, 6.07) is 8.58. The van der Waals surface area contributed by atoms with Crippen LogP contribution in [0.1, 0.15) is 25.3 Å². The molecule has 8 heteroatoms. The van der Waals surface area contributed by atoms with Crippen LogP contribution in [-0.2, 0) is 35.4 Å². The minimum absolute atomic E-state index is 0.0161. The highest BCUT2D eigenvalue weighted by Gasteiger charge is 2.30. The Bertz CT molecular complexity index is 759. The Hall–Kier alpha value is -2.22. The maximum Gasteiger partial charge on any atom is 0.306 e. The summed E-state index contributed by atoms with van der Waals surface area (Å²) >= 11 is 0. The van der Waals surface area contributed by atoms with Crippen LogP contribution in [0.4, 0.5) is 0 Å². The van der Waals surface area contributed by atoms with Crippen molar-refractivity contribution < 1.29 is 27.5 Å². The van der Waals surface area contributed by atoms with Gasteiger partial charge in [-0.1, -0.05) is 30.3 Å². The van der Waals surface area contributed by atoms with E-state index in [0.717, 1.165) is 5.56 Å². The Kier molecular flexibility index (Phi) is 6.90. The van der Waals surface area contributed by atoms with Gasteiger partial charge in [0.15, 0.2) is 22.2 Å². The minimum atomic E-state index is -3.05. The normalized spacial score (nSPS) is 19.5. The molecule has 2 atom stereocenters. The van der Waals surface area contributed by atoms with Crippen molar-refractivity contribution >= 4 is 27.5 Å². The molecule has 1 aromatic carbocycles. The molecule has 2 rings (SSSR count). The van der Waals surface area contributed by atoms with Gasteiger partial charge in [0.1, 0.15) is 0 Å². The number of Topliss-reactive ketones (excluding diaryl/α,β-unsaturated/α-hetero) is 1. The molecular formula is C18H23NO6S. The lowest BCUT2D eigenvalue weighted by molar-refractivity contribution is -0.149. The number of hydrogen-bond acceptors (Lipinski definition) is 6. The van der Waals surface area contributed by atoms with E-state index in [2.05, 4.69) is 5.32 Å². The van der Waals surface area contributed by atoms with Gasteiger partial charge in [0.25, 0.3) is 5.91 Å². The summed E-state index contributed by atoms with van der Waals surface area (Å²) < 4.78 is 27.7. The molecular weight excluding hydrogens is 358 g/mol. The summed E-state index contributed by atoms with van der Waals surface area (Å²) in [4.78, 5) is 35.5. The predicted octanol–water partition coefficient (Wildman–Crippen LogP) is 0.671. The SMILES string of the molecule is CC(=O)[C@@H](Cc1ccccc1)NC(=O)COC(=O)C[C@H]1CCS(=O)(=O)C1. The second-order valence-corrected chi connectivity index (χ2v) is 8.78. The molecule has 1 aliphatic rings. The number of carbonyl (C=O) groups excluding carboxylic acids is 3. The highest BCUT2D eigenvalue weighted by molar-refractivity contribution is 7.91. The molecule has 142 valence electrons. The molecule has 1 aliphatic heterocycles. The highest BCUT2D eigenvalue weighted by atomic mass is 32.2. The van der Waals surface area contributed by atoms with Gasteiger partial charge in [-0.15, -0.1) is 0 Å². The summed E-state index contributed by atoms with van der Waals surface area (Å²) in [5.74, 6) is -1.54. The summed E-state index contributed by atoms with van der Waals surface area (Å²) in [5, 5.41) is 2.57. The first-order valence-corrected chi connectivity index (χ1v) is 10.3. The lowest BCUT2D eigenvalue weighted by atomic mass is 10.0. The van der Waals surface area contributed by atoms with Crippen LogP contribution in [0.5, 0.6) is 0 Å². The predicted molar refractivity (Wildman–Crippen MR) is 95.1 cm³/mol. The van der Waals surface area contributed by atoms with E-state index in [4.69, 9.17) is 4.74 Å². The monoisotopic (exact) mass is 381 g/mol. The molecule has 26 heavy (non-hydrogen) atoms. The molecule has 1 heterocycles. The number of rotatable bonds is 8. The molecule has 0 spiro atoms. The van der Waals surface area contributed by atoms with Crippen LogP contribution in [0.25, 0.3) is 0 Å². The van der Waals surface area contributed by atoms with Gasteiger partial charge in [0.2, 0.25) is 0 Å². The molecule has 0 unspecified atom stereocenters. The molecule has 1 N–H and O–H groups in total. The Balaban J connectivity index is 1.77. The zero-order valence-corrected chi connectivity index (χ0v) is 15.5. The Morgan fingerprint density at radius 2 is 1.92 bits per heavy atom.